The lowest BCUT2D eigenvalue weighted by Gasteiger charge is -2.39. The van der Waals surface area contributed by atoms with Gasteiger partial charge in [0.05, 0.1) is 11.6 Å². The van der Waals surface area contributed by atoms with Gasteiger partial charge in [-0.1, -0.05) is 12.1 Å². The first kappa shape index (κ1) is 15.8. The van der Waals surface area contributed by atoms with Crippen molar-refractivity contribution in [1.82, 2.24) is 9.80 Å². The molecule has 21 heavy (non-hydrogen) atoms. The van der Waals surface area contributed by atoms with Gasteiger partial charge in [0.1, 0.15) is 6.04 Å². The summed E-state index contributed by atoms with van der Waals surface area (Å²) in [5.41, 5.74) is -0.300. The molecule has 0 bridgehead atoms. The molecular weight excluding hydrogens is 279 g/mol. The van der Waals surface area contributed by atoms with Crippen molar-refractivity contribution in [3.63, 3.8) is 0 Å². The van der Waals surface area contributed by atoms with E-state index in [4.69, 9.17) is 0 Å². The number of rotatable bonds is 2. The summed E-state index contributed by atoms with van der Waals surface area (Å²) >= 11 is 0. The van der Waals surface area contributed by atoms with Crippen LogP contribution in [0.5, 0.6) is 0 Å². The summed E-state index contributed by atoms with van der Waals surface area (Å²) in [4.78, 5) is 4.12. The lowest BCUT2D eigenvalue weighted by Crippen LogP contribution is -2.50. The molecule has 1 aliphatic rings. The Morgan fingerprint density at radius 1 is 1.33 bits per heavy atom. The van der Waals surface area contributed by atoms with E-state index >= 15 is 0 Å². The number of likely N-dealkylation sites (N-methyl/N-ethyl adjacent to an activating group) is 1. The Hall–Kier alpha value is -1.58. The van der Waals surface area contributed by atoms with Crippen LogP contribution in [-0.2, 0) is 6.18 Å². The van der Waals surface area contributed by atoms with Crippen molar-refractivity contribution in [2.24, 2.45) is 0 Å². The van der Waals surface area contributed by atoms with Crippen LogP contribution in [0.4, 0.5) is 13.2 Å². The van der Waals surface area contributed by atoms with Gasteiger partial charge in [-0.25, -0.2) is 0 Å². The van der Waals surface area contributed by atoms with Gasteiger partial charge in [-0.3, -0.25) is 4.90 Å². The van der Waals surface area contributed by atoms with Gasteiger partial charge in [0.2, 0.25) is 0 Å². The fourth-order valence-electron chi connectivity index (χ4n) is 2.56. The van der Waals surface area contributed by atoms with Crippen LogP contribution in [0.2, 0.25) is 0 Å². The predicted octanol–water partition coefficient (Wildman–Crippen LogP) is 2.91. The average Bonchev–Trinajstić information content (AvgIpc) is 2.43. The Morgan fingerprint density at radius 2 is 2.05 bits per heavy atom. The second kappa shape index (κ2) is 6.04. The quantitative estimate of drug-likeness (QED) is 0.841. The van der Waals surface area contributed by atoms with Crippen LogP contribution in [0.1, 0.15) is 24.1 Å². The number of alkyl halides is 3. The minimum absolute atomic E-state index is 0.278. The molecule has 6 heteroatoms. The maximum Gasteiger partial charge on any atom is 0.416 e. The van der Waals surface area contributed by atoms with Crippen molar-refractivity contribution < 1.29 is 13.2 Å². The lowest BCUT2D eigenvalue weighted by molar-refractivity contribution is -0.137. The zero-order valence-electron chi connectivity index (χ0n) is 12.1. The van der Waals surface area contributed by atoms with Crippen molar-refractivity contribution in [3.8, 4) is 6.07 Å². The molecule has 0 aromatic heterocycles. The molecule has 3 nitrogen and oxygen atoms in total. The van der Waals surface area contributed by atoms with Crippen LogP contribution in [0.25, 0.3) is 0 Å². The van der Waals surface area contributed by atoms with E-state index in [1.807, 2.05) is 18.9 Å². The standard InChI is InChI=1S/C15H18F3N3/c1-11-10-21(7-6-20(11)2)14(9-19)12-4-3-5-13(8-12)15(16,17)18/h3-5,8,11,14H,6-7,10H2,1-2H3. The van der Waals surface area contributed by atoms with Gasteiger partial charge >= 0.3 is 6.18 Å². The average molecular weight is 297 g/mol. The van der Waals surface area contributed by atoms with E-state index in [9.17, 15) is 18.4 Å². The van der Waals surface area contributed by atoms with Crippen LogP contribution in [0.15, 0.2) is 24.3 Å². The Morgan fingerprint density at radius 3 is 2.62 bits per heavy atom. The molecule has 0 N–H and O–H groups in total. The fourth-order valence-corrected chi connectivity index (χ4v) is 2.56. The van der Waals surface area contributed by atoms with Crippen LogP contribution < -0.4 is 0 Å². The Balaban J connectivity index is 2.24. The summed E-state index contributed by atoms with van der Waals surface area (Å²) in [5.74, 6) is 0. The van der Waals surface area contributed by atoms with Gasteiger partial charge in [0.15, 0.2) is 0 Å². The molecule has 0 aliphatic carbocycles. The first-order valence-corrected chi connectivity index (χ1v) is 6.84. The lowest BCUT2D eigenvalue weighted by atomic mass is 10.0. The van der Waals surface area contributed by atoms with Crippen molar-refractivity contribution in [1.29, 1.82) is 5.26 Å². The van der Waals surface area contributed by atoms with Gasteiger partial charge < -0.3 is 4.90 Å². The maximum absolute atomic E-state index is 12.8. The van der Waals surface area contributed by atoms with E-state index in [1.165, 1.54) is 6.07 Å². The molecule has 1 aliphatic heterocycles. The molecule has 0 radical (unpaired) electrons. The second-order valence-electron chi connectivity index (χ2n) is 5.48. The van der Waals surface area contributed by atoms with E-state index in [0.29, 0.717) is 18.7 Å². The Labute approximate surface area is 122 Å². The number of nitrogens with zero attached hydrogens (tertiary/aromatic N) is 3. The maximum atomic E-state index is 12.8. The highest BCUT2D eigenvalue weighted by Gasteiger charge is 2.32. The molecule has 2 atom stereocenters. The largest absolute Gasteiger partial charge is 0.416 e. The number of hydrogen-bond donors (Lipinski definition) is 0. The molecule has 0 amide bonds. The third-order valence-corrected chi connectivity index (χ3v) is 4.01. The summed E-state index contributed by atoms with van der Waals surface area (Å²) in [6.07, 6.45) is -4.38. The molecule has 1 aromatic carbocycles. The topological polar surface area (TPSA) is 30.3 Å². The zero-order chi connectivity index (χ0) is 15.6. The number of hydrogen-bond acceptors (Lipinski definition) is 3. The summed E-state index contributed by atoms with van der Waals surface area (Å²) in [5, 5.41) is 9.39. The van der Waals surface area contributed by atoms with Crippen molar-refractivity contribution >= 4 is 0 Å². The molecule has 114 valence electrons. The van der Waals surface area contributed by atoms with Gasteiger partial charge in [-0.15, -0.1) is 0 Å². The molecule has 0 saturated carbocycles. The van der Waals surface area contributed by atoms with Crippen molar-refractivity contribution in [2.75, 3.05) is 26.7 Å². The number of nitriles is 1. The first-order valence-electron chi connectivity index (χ1n) is 6.84. The molecule has 0 spiro atoms. The Kier molecular flexibility index (Phi) is 4.55. The number of halogens is 3. The zero-order valence-corrected chi connectivity index (χ0v) is 12.1. The molecular formula is C15H18F3N3. The first-order chi connectivity index (χ1) is 9.82. The Bertz CT molecular complexity index is 536. The summed E-state index contributed by atoms with van der Waals surface area (Å²) in [6.45, 7) is 4.20. The highest BCUT2D eigenvalue weighted by atomic mass is 19.4. The molecule has 1 aromatic rings. The van der Waals surface area contributed by atoms with E-state index in [-0.39, 0.29) is 6.04 Å². The minimum atomic E-state index is -4.38. The van der Waals surface area contributed by atoms with Gasteiger partial charge in [0.25, 0.3) is 0 Å². The van der Waals surface area contributed by atoms with Crippen LogP contribution in [0, 0.1) is 11.3 Å². The number of benzene rings is 1. The van der Waals surface area contributed by atoms with E-state index < -0.39 is 17.8 Å². The van der Waals surface area contributed by atoms with Crippen LogP contribution >= 0.6 is 0 Å². The monoisotopic (exact) mass is 297 g/mol. The van der Waals surface area contributed by atoms with Gasteiger partial charge in [0, 0.05) is 25.7 Å². The highest BCUT2D eigenvalue weighted by molar-refractivity contribution is 5.31. The molecule has 2 rings (SSSR count). The van der Waals surface area contributed by atoms with Gasteiger partial charge in [-0.05, 0) is 31.7 Å². The normalized spacial score (nSPS) is 22.8. The third-order valence-electron chi connectivity index (χ3n) is 4.01. The fraction of sp³-hybridized carbons (Fsp3) is 0.533. The van der Waals surface area contributed by atoms with E-state index in [0.717, 1.165) is 18.7 Å². The van der Waals surface area contributed by atoms with Crippen LogP contribution in [-0.4, -0.2) is 42.5 Å². The molecule has 2 unspecified atom stereocenters. The highest BCUT2D eigenvalue weighted by Crippen LogP contribution is 2.32. The smallest absolute Gasteiger partial charge is 0.301 e. The molecule has 1 fully saturated rings. The van der Waals surface area contributed by atoms with Crippen LogP contribution in [0.3, 0.4) is 0 Å². The van der Waals surface area contributed by atoms with Crippen molar-refractivity contribution in [3.05, 3.63) is 35.4 Å². The summed E-state index contributed by atoms with van der Waals surface area (Å²) in [6, 6.07) is 6.85. The SMILES string of the molecule is CC1CN(C(C#N)c2cccc(C(F)(F)F)c2)CCN1C. The summed E-state index contributed by atoms with van der Waals surface area (Å²) in [7, 11) is 2.01. The number of piperazine rings is 1. The molecule has 1 saturated heterocycles. The molecule has 1 heterocycles. The summed E-state index contributed by atoms with van der Waals surface area (Å²) < 4.78 is 38.4. The van der Waals surface area contributed by atoms with Crippen molar-refractivity contribution in [2.45, 2.75) is 25.2 Å². The third kappa shape index (κ3) is 3.55. The minimum Gasteiger partial charge on any atom is -0.301 e. The predicted molar refractivity (Wildman–Crippen MR) is 73.5 cm³/mol. The second-order valence-corrected chi connectivity index (χ2v) is 5.48. The van der Waals surface area contributed by atoms with E-state index in [1.54, 1.807) is 6.07 Å². The van der Waals surface area contributed by atoms with E-state index in [2.05, 4.69) is 11.0 Å². The van der Waals surface area contributed by atoms with Gasteiger partial charge in [-0.2, -0.15) is 18.4 Å².